The second-order valence-corrected chi connectivity index (χ2v) is 7.16. The van der Waals surface area contributed by atoms with Crippen molar-refractivity contribution < 1.29 is 24.5 Å². The minimum atomic E-state index is -1.92. The summed E-state index contributed by atoms with van der Waals surface area (Å²) in [6.45, 7) is 3.87. The Morgan fingerprint density at radius 3 is 2.00 bits per heavy atom. The van der Waals surface area contributed by atoms with Gasteiger partial charge in [-0.2, -0.15) is 0 Å². The molecule has 5 heteroatoms. The van der Waals surface area contributed by atoms with Crippen molar-refractivity contribution in [2.24, 2.45) is 0 Å². The van der Waals surface area contributed by atoms with Gasteiger partial charge in [-0.3, -0.25) is 0 Å². The van der Waals surface area contributed by atoms with E-state index in [1.54, 1.807) is 18.2 Å². The minimum Gasteiger partial charge on any atom is -0.497 e. The molecule has 0 bridgehead atoms. The first-order valence-electron chi connectivity index (χ1n) is 8.43. The van der Waals surface area contributed by atoms with Gasteiger partial charge in [0.1, 0.15) is 11.5 Å². The normalized spacial score (nSPS) is 13.7. The highest BCUT2D eigenvalue weighted by atomic mass is 16.5. The summed E-state index contributed by atoms with van der Waals surface area (Å²) in [6.07, 6.45) is 0.0189. The molecule has 1 unspecified atom stereocenters. The Morgan fingerprint density at radius 2 is 1.54 bits per heavy atom. The summed E-state index contributed by atoms with van der Waals surface area (Å²) >= 11 is 0. The number of hydrogen-bond donors (Lipinski definition) is 2. The lowest BCUT2D eigenvalue weighted by Crippen LogP contribution is -2.45. The number of aliphatic hydroxyl groups is 1. The van der Waals surface area contributed by atoms with Crippen LogP contribution in [0.3, 0.4) is 0 Å². The first kappa shape index (κ1) is 19.8. The van der Waals surface area contributed by atoms with Crippen LogP contribution < -0.4 is 9.47 Å². The van der Waals surface area contributed by atoms with Crippen LogP contribution in [0.5, 0.6) is 11.5 Å². The summed E-state index contributed by atoms with van der Waals surface area (Å²) in [7, 11) is 3.06. The average Bonchev–Trinajstić information content (AvgIpc) is 2.61. The lowest BCUT2D eigenvalue weighted by Gasteiger charge is -2.34. The number of rotatable bonds is 8. The van der Waals surface area contributed by atoms with Crippen molar-refractivity contribution in [2.45, 2.75) is 37.7 Å². The number of carboxylic acid groups (broad SMARTS) is 1. The highest BCUT2D eigenvalue weighted by molar-refractivity contribution is 5.78. The van der Waals surface area contributed by atoms with E-state index in [0.717, 1.165) is 5.56 Å². The third-order valence-electron chi connectivity index (χ3n) is 4.60. The van der Waals surface area contributed by atoms with Crippen molar-refractivity contribution in [1.29, 1.82) is 0 Å². The summed E-state index contributed by atoms with van der Waals surface area (Å²) in [5.74, 6) is -0.146. The van der Waals surface area contributed by atoms with E-state index in [0.29, 0.717) is 17.1 Å². The summed E-state index contributed by atoms with van der Waals surface area (Å²) in [5, 5.41) is 20.7. The van der Waals surface area contributed by atoms with Crippen LogP contribution in [0.25, 0.3) is 0 Å². The molecule has 0 spiro atoms. The van der Waals surface area contributed by atoms with Gasteiger partial charge in [-0.15, -0.1) is 0 Å². The average molecular weight is 358 g/mol. The largest absolute Gasteiger partial charge is 0.497 e. The number of carboxylic acids is 1. The molecule has 0 radical (unpaired) electrons. The van der Waals surface area contributed by atoms with Crippen LogP contribution >= 0.6 is 0 Å². The number of ether oxygens (including phenoxy) is 2. The molecular formula is C21H26O5. The predicted octanol–water partition coefficient (Wildman–Crippen LogP) is 3.43. The minimum absolute atomic E-state index is 0.0494. The van der Waals surface area contributed by atoms with Crippen LogP contribution in [0.2, 0.25) is 0 Å². The summed E-state index contributed by atoms with van der Waals surface area (Å²) in [5.41, 5.74) is -0.827. The molecule has 2 rings (SSSR count). The van der Waals surface area contributed by atoms with Crippen molar-refractivity contribution in [2.75, 3.05) is 14.2 Å². The zero-order chi connectivity index (χ0) is 19.4. The van der Waals surface area contributed by atoms with Crippen molar-refractivity contribution >= 4 is 5.97 Å². The third kappa shape index (κ3) is 4.55. The van der Waals surface area contributed by atoms with Crippen LogP contribution in [-0.4, -0.2) is 36.0 Å². The van der Waals surface area contributed by atoms with Crippen molar-refractivity contribution in [3.05, 3.63) is 59.7 Å². The molecule has 140 valence electrons. The van der Waals surface area contributed by atoms with E-state index in [9.17, 15) is 15.0 Å². The maximum absolute atomic E-state index is 11.9. The molecule has 2 aromatic rings. The fraction of sp³-hybridized carbons (Fsp3) is 0.381. The molecule has 0 aliphatic carbocycles. The molecule has 1 atom stereocenters. The van der Waals surface area contributed by atoms with E-state index >= 15 is 0 Å². The topological polar surface area (TPSA) is 76.0 Å². The molecule has 0 amide bonds. The quantitative estimate of drug-likeness (QED) is 0.756. The number of benzene rings is 2. The predicted molar refractivity (Wildman–Crippen MR) is 99.9 cm³/mol. The lowest BCUT2D eigenvalue weighted by molar-refractivity contribution is -0.160. The van der Waals surface area contributed by atoms with E-state index in [1.165, 1.54) is 14.2 Å². The Hall–Kier alpha value is -2.53. The molecule has 0 aliphatic rings. The lowest BCUT2D eigenvalue weighted by atomic mass is 9.73. The zero-order valence-corrected chi connectivity index (χ0v) is 15.7. The highest BCUT2D eigenvalue weighted by Crippen LogP contribution is 2.35. The SMILES string of the molecule is COc1cc(CC(O)(CC(C)(C)c2ccccc2)C(=O)O)cc(OC)c1. The van der Waals surface area contributed by atoms with Gasteiger partial charge >= 0.3 is 5.97 Å². The Kier molecular flexibility index (Phi) is 5.93. The van der Waals surface area contributed by atoms with E-state index in [2.05, 4.69) is 0 Å². The Bertz CT molecular complexity index is 732. The van der Waals surface area contributed by atoms with E-state index < -0.39 is 17.0 Å². The van der Waals surface area contributed by atoms with Crippen LogP contribution in [-0.2, 0) is 16.6 Å². The van der Waals surface area contributed by atoms with E-state index in [4.69, 9.17) is 9.47 Å². The Labute approximate surface area is 154 Å². The van der Waals surface area contributed by atoms with Gasteiger partial charge in [-0.05, 0) is 35.1 Å². The molecule has 0 saturated heterocycles. The Balaban J connectivity index is 2.34. The van der Waals surface area contributed by atoms with Gasteiger partial charge in [0, 0.05) is 12.5 Å². The van der Waals surface area contributed by atoms with Gasteiger partial charge in [0.2, 0.25) is 0 Å². The standard InChI is InChI=1S/C21H26O5/c1-20(2,16-8-6-5-7-9-16)14-21(24,19(22)23)13-15-10-17(25-3)12-18(11-15)26-4/h5-12,24H,13-14H2,1-4H3,(H,22,23). The maximum Gasteiger partial charge on any atom is 0.336 e. The van der Waals surface area contributed by atoms with Gasteiger partial charge in [0.25, 0.3) is 0 Å². The second-order valence-electron chi connectivity index (χ2n) is 7.16. The molecule has 0 aromatic heterocycles. The van der Waals surface area contributed by atoms with Gasteiger partial charge < -0.3 is 19.7 Å². The van der Waals surface area contributed by atoms with E-state index in [1.807, 2.05) is 44.2 Å². The number of methoxy groups -OCH3 is 2. The van der Waals surface area contributed by atoms with Gasteiger partial charge in [0.05, 0.1) is 14.2 Å². The molecule has 0 saturated carbocycles. The fourth-order valence-electron chi connectivity index (χ4n) is 3.24. The number of aliphatic carboxylic acids is 1. The molecule has 0 aliphatic heterocycles. The van der Waals surface area contributed by atoms with Gasteiger partial charge in [0.15, 0.2) is 5.60 Å². The van der Waals surface area contributed by atoms with Crippen molar-refractivity contribution in [3.63, 3.8) is 0 Å². The van der Waals surface area contributed by atoms with Crippen molar-refractivity contribution in [1.82, 2.24) is 0 Å². The molecule has 26 heavy (non-hydrogen) atoms. The fourth-order valence-corrected chi connectivity index (χ4v) is 3.24. The highest BCUT2D eigenvalue weighted by Gasteiger charge is 2.42. The first-order chi connectivity index (χ1) is 12.2. The van der Waals surface area contributed by atoms with Crippen LogP contribution in [0.4, 0.5) is 0 Å². The monoisotopic (exact) mass is 358 g/mol. The molecule has 0 fully saturated rings. The smallest absolute Gasteiger partial charge is 0.336 e. The first-order valence-corrected chi connectivity index (χ1v) is 8.43. The van der Waals surface area contributed by atoms with Gasteiger partial charge in [-0.25, -0.2) is 4.79 Å². The molecular weight excluding hydrogens is 332 g/mol. The number of carbonyl (C=O) groups is 1. The van der Waals surface area contributed by atoms with Crippen LogP contribution in [0.15, 0.2) is 48.5 Å². The molecule has 5 nitrogen and oxygen atoms in total. The third-order valence-corrected chi connectivity index (χ3v) is 4.60. The van der Waals surface area contributed by atoms with E-state index in [-0.39, 0.29) is 12.8 Å². The zero-order valence-electron chi connectivity index (χ0n) is 15.7. The maximum atomic E-state index is 11.9. The van der Waals surface area contributed by atoms with Crippen molar-refractivity contribution in [3.8, 4) is 11.5 Å². The number of hydrogen-bond acceptors (Lipinski definition) is 4. The summed E-state index contributed by atoms with van der Waals surface area (Å²) < 4.78 is 10.5. The summed E-state index contributed by atoms with van der Waals surface area (Å²) in [6, 6.07) is 14.7. The molecule has 2 aromatic carbocycles. The molecule has 2 N–H and O–H groups in total. The Morgan fingerprint density at radius 1 is 1.00 bits per heavy atom. The summed E-state index contributed by atoms with van der Waals surface area (Å²) in [4.78, 5) is 11.9. The van der Waals surface area contributed by atoms with Crippen LogP contribution in [0.1, 0.15) is 31.4 Å². The van der Waals surface area contributed by atoms with Gasteiger partial charge in [-0.1, -0.05) is 44.2 Å². The second kappa shape index (κ2) is 7.79. The molecule has 0 heterocycles. The van der Waals surface area contributed by atoms with Crippen LogP contribution in [0, 0.1) is 0 Å².